The number of hydrogen-bond donors (Lipinski definition) is 1. The van der Waals surface area contributed by atoms with Gasteiger partial charge in [-0.2, -0.15) is 4.31 Å². The van der Waals surface area contributed by atoms with Gasteiger partial charge in [-0.25, -0.2) is 13.2 Å². The van der Waals surface area contributed by atoms with E-state index in [9.17, 15) is 18.0 Å². The van der Waals surface area contributed by atoms with Crippen molar-refractivity contribution in [3.63, 3.8) is 0 Å². The van der Waals surface area contributed by atoms with E-state index in [0.29, 0.717) is 34.2 Å². The summed E-state index contributed by atoms with van der Waals surface area (Å²) in [5.41, 5.74) is 1.48. The van der Waals surface area contributed by atoms with Gasteiger partial charge in [0, 0.05) is 18.0 Å². The molecule has 7 nitrogen and oxygen atoms in total. The molecular formula is C21H26N2O5S3. The molecule has 1 aliphatic carbocycles. The van der Waals surface area contributed by atoms with Gasteiger partial charge >= 0.3 is 5.97 Å². The van der Waals surface area contributed by atoms with Crippen LogP contribution in [0.1, 0.15) is 53.4 Å². The number of sulfonamides is 1. The molecule has 31 heavy (non-hydrogen) atoms. The first-order valence-corrected chi connectivity index (χ1v) is 13.7. The quantitative estimate of drug-likeness (QED) is 0.631. The van der Waals surface area contributed by atoms with Crippen LogP contribution in [0.5, 0.6) is 0 Å². The minimum absolute atomic E-state index is 0.145. The number of carbonyl (C=O) groups excluding carboxylic acids is 2. The Bertz CT molecular complexity index is 1060. The minimum Gasteiger partial charge on any atom is -0.462 e. The fourth-order valence-electron chi connectivity index (χ4n) is 4.20. The number of rotatable bonds is 6. The van der Waals surface area contributed by atoms with E-state index < -0.39 is 21.9 Å². The van der Waals surface area contributed by atoms with Gasteiger partial charge in [0.25, 0.3) is 10.0 Å². The topological polar surface area (TPSA) is 92.8 Å². The lowest BCUT2D eigenvalue weighted by Crippen LogP contribution is -2.43. The number of nitrogens with zero attached hydrogens (tertiary/aromatic N) is 1. The second-order valence-electron chi connectivity index (χ2n) is 7.76. The molecule has 0 bridgehead atoms. The fraction of sp³-hybridized carbons (Fsp3) is 0.524. The van der Waals surface area contributed by atoms with Gasteiger partial charge in [0.05, 0.1) is 18.1 Å². The lowest BCUT2D eigenvalue weighted by atomic mass is 9.95. The monoisotopic (exact) mass is 482 g/mol. The first-order valence-electron chi connectivity index (χ1n) is 10.6. The maximum Gasteiger partial charge on any atom is 0.341 e. The third-order valence-electron chi connectivity index (χ3n) is 5.73. The van der Waals surface area contributed by atoms with Gasteiger partial charge in [0.15, 0.2) is 0 Å². The van der Waals surface area contributed by atoms with Crippen LogP contribution >= 0.6 is 22.7 Å². The lowest BCUT2D eigenvalue weighted by molar-refractivity contribution is -0.120. The Labute approximate surface area is 190 Å². The van der Waals surface area contributed by atoms with E-state index in [1.807, 2.05) is 0 Å². The summed E-state index contributed by atoms with van der Waals surface area (Å²) in [5, 5.41) is 5.21. The second kappa shape index (κ2) is 9.40. The summed E-state index contributed by atoms with van der Waals surface area (Å²) in [6.45, 7) is 2.59. The van der Waals surface area contributed by atoms with Gasteiger partial charge in [0.2, 0.25) is 5.91 Å². The maximum absolute atomic E-state index is 13.1. The molecule has 2 aliphatic rings. The highest BCUT2D eigenvalue weighted by Gasteiger charge is 2.35. The van der Waals surface area contributed by atoms with Crippen LogP contribution in [0.25, 0.3) is 0 Å². The number of carbonyl (C=O) groups is 2. The maximum atomic E-state index is 13.1. The summed E-state index contributed by atoms with van der Waals surface area (Å²) in [6.07, 6.45) is 5.03. The van der Waals surface area contributed by atoms with Crippen LogP contribution in [-0.4, -0.2) is 44.3 Å². The predicted octanol–water partition coefficient (Wildman–Crippen LogP) is 3.90. The molecule has 1 amide bonds. The van der Waals surface area contributed by atoms with Crippen molar-refractivity contribution in [1.82, 2.24) is 4.31 Å². The largest absolute Gasteiger partial charge is 0.462 e. The Hall–Kier alpha value is -1.75. The number of esters is 1. The highest BCUT2D eigenvalue weighted by atomic mass is 32.2. The first kappa shape index (κ1) is 22.4. The van der Waals surface area contributed by atoms with Gasteiger partial charge in [-0.3, -0.25) is 4.79 Å². The molecule has 1 fully saturated rings. The van der Waals surface area contributed by atoms with Gasteiger partial charge < -0.3 is 10.1 Å². The normalized spacial score (nSPS) is 19.6. The Balaban J connectivity index is 1.53. The van der Waals surface area contributed by atoms with E-state index in [-0.39, 0.29) is 19.1 Å². The van der Waals surface area contributed by atoms with Crippen LogP contribution in [0, 0.1) is 5.92 Å². The van der Waals surface area contributed by atoms with Crippen LogP contribution in [-0.2, 0) is 32.4 Å². The Kier molecular flexibility index (Phi) is 6.80. The number of fused-ring (bicyclic) bond motifs is 1. The molecule has 2 aromatic rings. The molecule has 0 spiro atoms. The van der Waals surface area contributed by atoms with Gasteiger partial charge in [-0.15, -0.1) is 22.7 Å². The smallest absolute Gasteiger partial charge is 0.341 e. The van der Waals surface area contributed by atoms with E-state index in [1.54, 1.807) is 24.4 Å². The number of amides is 1. The standard InChI is InChI=1S/C21H26N2O5S3/c1-2-28-21(25)18-15-8-3-4-9-16(15)30-20(18)22-19(24)14-7-5-11-23(13-14)31(26,27)17-10-6-12-29-17/h6,10,12,14H,2-5,7-9,11,13H2,1H3,(H,22,24)/t14-/m0/s1. The molecule has 1 atom stereocenters. The average molecular weight is 483 g/mol. The molecule has 0 aromatic carbocycles. The Morgan fingerprint density at radius 3 is 2.81 bits per heavy atom. The van der Waals surface area contributed by atoms with Crippen molar-refractivity contribution in [2.45, 2.75) is 49.7 Å². The minimum atomic E-state index is -3.59. The molecule has 2 aromatic heterocycles. The lowest BCUT2D eigenvalue weighted by Gasteiger charge is -2.30. The van der Waals surface area contributed by atoms with Crippen molar-refractivity contribution < 1.29 is 22.7 Å². The highest BCUT2D eigenvalue weighted by Crippen LogP contribution is 2.39. The zero-order valence-electron chi connectivity index (χ0n) is 17.4. The van der Waals surface area contributed by atoms with Crippen molar-refractivity contribution >= 4 is 49.6 Å². The van der Waals surface area contributed by atoms with Crippen molar-refractivity contribution in [2.24, 2.45) is 5.92 Å². The van der Waals surface area contributed by atoms with E-state index in [1.165, 1.54) is 27.0 Å². The summed E-state index contributed by atoms with van der Waals surface area (Å²) in [6, 6.07) is 3.30. The summed E-state index contributed by atoms with van der Waals surface area (Å²) in [7, 11) is -3.59. The fourth-order valence-corrected chi connectivity index (χ4v) is 8.15. The third kappa shape index (κ3) is 4.57. The Morgan fingerprint density at radius 2 is 2.06 bits per heavy atom. The zero-order valence-corrected chi connectivity index (χ0v) is 19.8. The summed E-state index contributed by atoms with van der Waals surface area (Å²) >= 11 is 2.63. The molecule has 10 heteroatoms. The third-order valence-corrected chi connectivity index (χ3v) is 10.2. The van der Waals surface area contributed by atoms with Crippen LogP contribution in [0.15, 0.2) is 21.7 Å². The number of ether oxygens (including phenoxy) is 1. The number of hydrogen-bond acceptors (Lipinski definition) is 7. The molecular weight excluding hydrogens is 456 g/mol. The second-order valence-corrected chi connectivity index (χ2v) is 12.0. The number of piperidine rings is 1. The number of anilines is 1. The van der Waals surface area contributed by atoms with Crippen molar-refractivity contribution in [3.8, 4) is 0 Å². The van der Waals surface area contributed by atoms with Crippen LogP contribution in [0.2, 0.25) is 0 Å². The van der Waals surface area contributed by atoms with E-state index in [2.05, 4.69) is 5.32 Å². The number of nitrogens with one attached hydrogen (secondary N) is 1. The van der Waals surface area contributed by atoms with E-state index in [0.717, 1.165) is 36.1 Å². The van der Waals surface area contributed by atoms with Crippen LogP contribution in [0.3, 0.4) is 0 Å². The molecule has 168 valence electrons. The highest BCUT2D eigenvalue weighted by molar-refractivity contribution is 7.91. The zero-order chi connectivity index (χ0) is 22.0. The van der Waals surface area contributed by atoms with Gasteiger partial charge in [-0.1, -0.05) is 6.07 Å². The number of aryl methyl sites for hydroxylation is 1. The van der Waals surface area contributed by atoms with Crippen molar-refractivity contribution in [1.29, 1.82) is 0 Å². The summed E-state index contributed by atoms with van der Waals surface area (Å²) in [4.78, 5) is 26.8. The molecule has 3 heterocycles. The summed E-state index contributed by atoms with van der Waals surface area (Å²) in [5.74, 6) is -1.10. The molecule has 0 unspecified atom stereocenters. The molecule has 0 radical (unpaired) electrons. The first-order chi connectivity index (χ1) is 14.9. The van der Waals surface area contributed by atoms with Gasteiger partial charge in [0.1, 0.15) is 9.21 Å². The molecule has 1 aliphatic heterocycles. The van der Waals surface area contributed by atoms with Crippen molar-refractivity contribution in [3.05, 3.63) is 33.5 Å². The van der Waals surface area contributed by atoms with Crippen molar-refractivity contribution in [2.75, 3.05) is 25.0 Å². The summed E-state index contributed by atoms with van der Waals surface area (Å²) < 4.78 is 32.7. The molecule has 1 saturated heterocycles. The average Bonchev–Trinajstić information content (AvgIpc) is 3.42. The van der Waals surface area contributed by atoms with E-state index >= 15 is 0 Å². The Morgan fingerprint density at radius 1 is 1.26 bits per heavy atom. The SMILES string of the molecule is CCOC(=O)c1c(NC(=O)[C@H]2CCCN(S(=O)(=O)c3cccs3)C2)sc2c1CCCC2. The van der Waals surface area contributed by atoms with Crippen LogP contribution < -0.4 is 5.32 Å². The molecule has 1 N–H and O–H groups in total. The molecule has 0 saturated carbocycles. The van der Waals surface area contributed by atoms with Gasteiger partial charge in [-0.05, 0) is 62.5 Å². The van der Waals surface area contributed by atoms with E-state index in [4.69, 9.17) is 4.74 Å². The predicted molar refractivity (Wildman–Crippen MR) is 121 cm³/mol. The molecule has 4 rings (SSSR count). The van der Waals surface area contributed by atoms with Crippen LogP contribution in [0.4, 0.5) is 5.00 Å². The number of thiophene rings is 2.